The number of methoxy groups -OCH3 is 2. The molecule has 1 aromatic rings. The zero-order valence-electron chi connectivity index (χ0n) is 12.1. The van der Waals surface area contributed by atoms with Gasteiger partial charge in [-0.15, -0.1) is 0 Å². The van der Waals surface area contributed by atoms with Crippen molar-refractivity contribution < 1.29 is 9.47 Å². The molecule has 0 bridgehead atoms. The molecule has 1 unspecified atom stereocenters. The van der Waals surface area contributed by atoms with Crippen LogP contribution in [0.1, 0.15) is 11.6 Å². The summed E-state index contributed by atoms with van der Waals surface area (Å²) in [5.41, 5.74) is 1.36. The molecular formula is C15H24N2O2. The van der Waals surface area contributed by atoms with Crippen LogP contribution in [-0.2, 0) is 9.47 Å². The Morgan fingerprint density at radius 1 is 1.16 bits per heavy atom. The van der Waals surface area contributed by atoms with Crippen LogP contribution in [0.15, 0.2) is 30.3 Å². The van der Waals surface area contributed by atoms with Crippen LogP contribution in [0, 0.1) is 0 Å². The van der Waals surface area contributed by atoms with Crippen LogP contribution in [0.5, 0.6) is 0 Å². The molecule has 1 aliphatic heterocycles. The van der Waals surface area contributed by atoms with Gasteiger partial charge in [0, 0.05) is 39.9 Å². The predicted octanol–water partition coefficient (Wildman–Crippen LogP) is 1.59. The van der Waals surface area contributed by atoms with Gasteiger partial charge in [0.15, 0.2) is 6.29 Å². The van der Waals surface area contributed by atoms with Gasteiger partial charge in [-0.2, -0.15) is 0 Å². The van der Waals surface area contributed by atoms with Crippen molar-refractivity contribution in [2.75, 3.05) is 47.4 Å². The van der Waals surface area contributed by atoms with Gasteiger partial charge in [0.1, 0.15) is 0 Å². The van der Waals surface area contributed by atoms with E-state index in [0.717, 1.165) is 26.2 Å². The van der Waals surface area contributed by atoms with E-state index in [-0.39, 0.29) is 6.29 Å². The highest BCUT2D eigenvalue weighted by atomic mass is 16.7. The first-order valence-electron chi connectivity index (χ1n) is 6.77. The summed E-state index contributed by atoms with van der Waals surface area (Å²) in [7, 11) is 5.57. The van der Waals surface area contributed by atoms with E-state index in [1.165, 1.54) is 5.56 Å². The van der Waals surface area contributed by atoms with Gasteiger partial charge in [0.2, 0.25) is 0 Å². The molecule has 0 N–H and O–H groups in total. The minimum Gasteiger partial charge on any atom is -0.355 e. The topological polar surface area (TPSA) is 24.9 Å². The van der Waals surface area contributed by atoms with Crippen LogP contribution >= 0.6 is 0 Å². The normalized spacial score (nSPS) is 22.0. The number of rotatable bonds is 5. The molecule has 0 aliphatic carbocycles. The Balaban J connectivity index is 2.11. The molecule has 4 heteroatoms. The van der Waals surface area contributed by atoms with E-state index in [2.05, 4.69) is 47.2 Å². The van der Waals surface area contributed by atoms with Gasteiger partial charge in [-0.05, 0) is 12.6 Å². The number of benzene rings is 1. The van der Waals surface area contributed by atoms with Gasteiger partial charge >= 0.3 is 0 Å². The zero-order chi connectivity index (χ0) is 13.7. The Labute approximate surface area is 115 Å². The number of likely N-dealkylation sites (N-methyl/N-ethyl adjacent to an activating group) is 1. The Bertz CT molecular complexity index is 368. The van der Waals surface area contributed by atoms with Gasteiger partial charge in [-0.1, -0.05) is 30.3 Å². The molecule has 1 heterocycles. The second-order valence-electron chi connectivity index (χ2n) is 5.08. The minimum atomic E-state index is -0.158. The van der Waals surface area contributed by atoms with Crippen molar-refractivity contribution in [3.05, 3.63) is 35.9 Å². The monoisotopic (exact) mass is 264 g/mol. The molecule has 1 saturated heterocycles. The van der Waals surface area contributed by atoms with E-state index in [9.17, 15) is 0 Å². The molecule has 0 radical (unpaired) electrons. The standard InChI is InChI=1S/C15H24N2O2/c1-16-9-10-17(12-15(18-2)19-3)14(11-16)13-7-5-4-6-8-13/h4-8,14-15H,9-12H2,1-3H3. The molecule has 0 spiro atoms. The lowest BCUT2D eigenvalue weighted by atomic mass is 10.0. The molecule has 1 aliphatic rings. The third kappa shape index (κ3) is 3.76. The van der Waals surface area contributed by atoms with Gasteiger partial charge in [-0.3, -0.25) is 4.90 Å². The number of nitrogens with zero attached hydrogens (tertiary/aromatic N) is 2. The predicted molar refractivity (Wildman–Crippen MR) is 76.1 cm³/mol. The largest absolute Gasteiger partial charge is 0.355 e. The lowest BCUT2D eigenvalue weighted by Gasteiger charge is -2.41. The Morgan fingerprint density at radius 3 is 2.47 bits per heavy atom. The van der Waals surface area contributed by atoms with Crippen molar-refractivity contribution in [2.45, 2.75) is 12.3 Å². The highest BCUT2D eigenvalue weighted by Crippen LogP contribution is 2.25. The first-order valence-corrected chi connectivity index (χ1v) is 6.77. The maximum Gasteiger partial charge on any atom is 0.169 e. The van der Waals surface area contributed by atoms with E-state index < -0.39 is 0 Å². The summed E-state index contributed by atoms with van der Waals surface area (Å²) in [6, 6.07) is 11.1. The van der Waals surface area contributed by atoms with Gasteiger partial charge in [-0.25, -0.2) is 0 Å². The third-order valence-electron chi connectivity index (χ3n) is 3.79. The smallest absolute Gasteiger partial charge is 0.169 e. The molecule has 106 valence electrons. The number of piperazine rings is 1. The van der Waals surface area contributed by atoms with E-state index in [1.54, 1.807) is 14.2 Å². The Kier molecular flexibility index (Phi) is 5.34. The van der Waals surface area contributed by atoms with Gasteiger partial charge in [0.05, 0.1) is 6.54 Å². The first kappa shape index (κ1) is 14.5. The van der Waals surface area contributed by atoms with Crippen molar-refractivity contribution >= 4 is 0 Å². The molecule has 0 saturated carbocycles. The van der Waals surface area contributed by atoms with Crippen molar-refractivity contribution in [3.8, 4) is 0 Å². The Hall–Kier alpha value is -0.940. The number of ether oxygens (including phenoxy) is 2. The summed E-state index contributed by atoms with van der Waals surface area (Å²) < 4.78 is 10.7. The van der Waals surface area contributed by atoms with Gasteiger partial charge in [0.25, 0.3) is 0 Å². The lowest BCUT2D eigenvalue weighted by molar-refractivity contribution is -0.125. The summed E-state index contributed by atoms with van der Waals surface area (Å²) in [5.74, 6) is 0. The van der Waals surface area contributed by atoms with E-state index in [1.807, 2.05) is 0 Å². The molecule has 1 fully saturated rings. The molecule has 1 aromatic carbocycles. The van der Waals surface area contributed by atoms with Crippen LogP contribution in [0.4, 0.5) is 0 Å². The quantitative estimate of drug-likeness (QED) is 0.754. The summed E-state index contributed by atoms with van der Waals surface area (Å²) >= 11 is 0. The molecule has 4 nitrogen and oxygen atoms in total. The van der Waals surface area contributed by atoms with Crippen LogP contribution in [0.3, 0.4) is 0 Å². The maximum atomic E-state index is 5.34. The molecule has 2 rings (SSSR count). The van der Waals surface area contributed by atoms with Crippen LogP contribution in [0.25, 0.3) is 0 Å². The average Bonchev–Trinajstić information content (AvgIpc) is 2.47. The summed E-state index contributed by atoms with van der Waals surface area (Å²) in [6.07, 6.45) is -0.158. The highest BCUT2D eigenvalue weighted by Gasteiger charge is 2.28. The zero-order valence-corrected chi connectivity index (χ0v) is 12.1. The number of hydrogen-bond donors (Lipinski definition) is 0. The summed E-state index contributed by atoms with van der Waals surface area (Å²) in [5, 5.41) is 0. The van der Waals surface area contributed by atoms with Crippen molar-refractivity contribution in [2.24, 2.45) is 0 Å². The highest BCUT2D eigenvalue weighted by molar-refractivity contribution is 5.20. The van der Waals surface area contributed by atoms with Crippen molar-refractivity contribution in [1.82, 2.24) is 9.80 Å². The Morgan fingerprint density at radius 2 is 1.84 bits per heavy atom. The third-order valence-corrected chi connectivity index (χ3v) is 3.79. The van der Waals surface area contributed by atoms with E-state index >= 15 is 0 Å². The SMILES string of the molecule is COC(CN1CCN(C)CC1c1ccccc1)OC. The van der Waals surface area contributed by atoms with Crippen molar-refractivity contribution in [1.29, 1.82) is 0 Å². The summed E-state index contributed by atoms with van der Waals surface area (Å²) in [6.45, 7) is 3.98. The van der Waals surface area contributed by atoms with Gasteiger partial charge < -0.3 is 14.4 Å². The minimum absolute atomic E-state index is 0.158. The van der Waals surface area contributed by atoms with E-state index in [0.29, 0.717) is 6.04 Å². The fourth-order valence-electron chi connectivity index (χ4n) is 2.60. The number of hydrogen-bond acceptors (Lipinski definition) is 4. The first-order chi connectivity index (χ1) is 9.24. The lowest BCUT2D eigenvalue weighted by Crippen LogP contribution is -2.49. The van der Waals surface area contributed by atoms with E-state index in [4.69, 9.17) is 9.47 Å². The average molecular weight is 264 g/mol. The molecular weight excluding hydrogens is 240 g/mol. The van der Waals surface area contributed by atoms with Crippen LogP contribution in [0.2, 0.25) is 0 Å². The second kappa shape index (κ2) is 7.01. The second-order valence-corrected chi connectivity index (χ2v) is 5.08. The van der Waals surface area contributed by atoms with Crippen LogP contribution < -0.4 is 0 Å². The summed E-state index contributed by atoms with van der Waals surface area (Å²) in [4.78, 5) is 4.83. The fraction of sp³-hybridized carbons (Fsp3) is 0.600. The molecule has 19 heavy (non-hydrogen) atoms. The molecule has 1 atom stereocenters. The molecule has 0 amide bonds. The fourth-order valence-corrected chi connectivity index (χ4v) is 2.60. The van der Waals surface area contributed by atoms with Crippen molar-refractivity contribution in [3.63, 3.8) is 0 Å². The maximum absolute atomic E-state index is 5.34. The van der Waals surface area contributed by atoms with Crippen LogP contribution in [-0.4, -0.2) is 63.5 Å². The molecule has 0 aromatic heterocycles.